The van der Waals surface area contributed by atoms with Crippen LogP contribution in [0.2, 0.25) is 0 Å². The highest BCUT2D eigenvalue weighted by Gasteiger charge is 2.41. The van der Waals surface area contributed by atoms with Crippen LogP contribution >= 0.6 is 0 Å². The topological polar surface area (TPSA) is 3.24 Å². The van der Waals surface area contributed by atoms with Crippen LogP contribution in [0.25, 0.3) is 0 Å². The second-order valence-electron chi connectivity index (χ2n) is 9.79. The molecule has 3 rings (SSSR count). The number of halogens is 3. The zero-order chi connectivity index (χ0) is 23.1. The van der Waals surface area contributed by atoms with E-state index in [-0.39, 0.29) is 18.8 Å². The molecule has 1 atom stereocenters. The van der Waals surface area contributed by atoms with Crippen molar-refractivity contribution in [1.82, 2.24) is 4.90 Å². The summed E-state index contributed by atoms with van der Waals surface area (Å²) in [6.45, 7) is 7.91. The normalized spacial score (nSPS) is 20.6. The third-order valence-corrected chi connectivity index (χ3v) is 7.22. The van der Waals surface area contributed by atoms with Gasteiger partial charge in [-0.05, 0) is 88.3 Å². The van der Waals surface area contributed by atoms with Crippen molar-refractivity contribution in [3.63, 3.8) is 0 Å². The van der Waals surface area contributed by atoms with Gasteiger partial charge in [0.1, 0.15) is 0 Å². The Hall–Kier alpha value is -1.81. The molecule has 176 valence electrons. The van der Waals surface area contributed by atoms with Crippen LogP contribution in [0.3, 0.4) is 0 Å². The molecule has 0 spiro atoms. The van der Waals surface area contributed by atoms with Gasteiger partial charge in [-0.3, -0.25) is 4.90 Å². The summed E-state index contributed by atoms with van der Waals surface area (Å²) >= 11 is 0. The van der Waals surface area contributed by atoms with Gasteiger partial charge in [0.2, 0.25) is 0 Å². The van der Waals surface area contributed by atoms with Crippen molar-refractivity contribution in [2.24, 2.45) is 5.92 Å². The van der Waals surface area contributed by atoms with E-state index in [9.17, 15) is 13.2 Å². The Morgan fingerprint density at radius 2 is 1.41 bits per heavy atom. The fourth-order valence-electron chi connectivity index (χ4n) is 5.14. The number of nitrogens with zero attached hydrogens (tertiary/aromatic N) is 1. The van der Waals surface area contributed by atoms with Crippen LogP contribution in [0.1, 0.15) is 75.5 Å². The summed E-state index contributed by atoms with van der Waals surface area (Å²) in [4.78, 5) is 2.58. The molecule has 0 aromatic heterocycles. The fraction of sp³-hybridized carbons (Fsp3) is 0.571. The zero-order valence-electron chi connectivity index (χ0n) is 19.7. The maximum Gasteiger partial charge on any atom is 0.391 e. The van der Waals surface area contributed by atoms with E-state index in [2.05, 4.69) is 80.3 Å². The van der Waals surface area contributed by atoms with Crippen LogP contribution in [-0.4, -0.2) is 29.7 Å². The van der Waals surface area contributed by atoms with Gasteiger partial charge < -0.3 is 0 Å². The largest absolute Gasteiger partial charge is 0.391 e. The van der Waals surface area contributed by atoms with Gasteiger partial charge in [0.05, 0.1) is 5.92 Å². The summed E-state index contributed by atoms with van der Waals surface area (Å²) in [5.41, 5.74) is 3.90. The van der Waals surface area contributed by atoms with Gasteiger partial charge in [0.25, 0.3) is 0 Å². The quantitative estimate of drug-likeness (QED) is 0.381. The van der Waals surface area contributed by atoms with Crippen molar-refractivity contribution in [2.45, 2.75) is 89.9 Å². The lowest BCUT2D eigenvalue weighted by atomic mass is 9.78. The molecule has 2 aromatic carbocycles. The molecule has 0 amide bonds. The lowest BCUT2D eigenvalue weighted by Crippen LogP contribution is -2.40. The fourth-order valence-corrected chi connectivity index (χ4v) is 5.14. The van der Waals surface area contributed by atoms with Gasteiger partial charge in [-0.1, -0.05) is 54.6 Å². The molecular weight excluding hydrogens is 407 g/mol. The van der Waals surface area contributed by atoms with E-state index < -0.39 is 12.1 Å². The van der Waals surface area contributed by atoms with E-state index in [1.165, 1.54) is 16.7 Å². The Labute approximate surface area is 192 Å². The van der Waals surface area contributed by atoms with Gasteiger partial charge in [-0.15, -0.1) is 0 Å². The van der Waals surface area contributed by atoms with Gasteiger partial charge >= 0.3 is 6.18 Å². The van der Waals surface area contributed by atoms with Gasteiger partial charge in [-0.2, -0.15) is 13.2 Å². The molecule has 0 saturated heterocycles. The summed E-state index contributed by atoms with van der Waals surface area (Å²) in [6, 6.07) is 20.3. The summed E-state index contributed by atoms with van der Waals surface area (Å²) < 4.78 is 38.7. The van der Waals surface area contributed by atoms with Crippen molar-refractivity contribution in [2.75, 3.05) is 6.54 Å². The SMILES string of the molecule is CC(C)N(CCc1ccccc1)C(C)CCc1ccc(C2CCC(C(F)(F)F)CC2)cc1. The van der Waals surface area contributed by atoms with E-state index in [1.54, 1.807) is 0 Å². The highest BCUT2D eigenvalue weighted by molar-refractivity contribution is 5.26. The molecule has 1 nitrogen and oxygen atoms in total. The third-order valence-electron chi connectivity index (χ3n) is 7.22. The van der Waals surface area contributed by atoms with Crippen LogP contribution in [0, 0.1) is 5.92 Å². The van der Waals surface area contributed by atoms with Crippen LogP contribution in [0.4, 0.5) is 13.2 Å². The molecule has 2 aromatic rings. The molecule has 0 aliphatic heterocycles. The van der Waals surface area contributed by atoms with Crippen molar-refractivity contribution in [3.8, 4) is 0 Å². The van der Waals surface area contributed by atoms with Crippen molar-refractivity contribution in [3.05, 3.63) is 71.3 Å². The minimum absolute atomic E-state index is 0.265. The maximum atomic E-state index is 12.9. The Morgan fingerprint density at radius 1 is 0.812 bits per heavy atom. The summed E-state index contributed by atoms with van der Waals surface area (Å²) in [7, 11) is 0. The average molecular weight is 446 g/mol. The van der Waals surface area contributed by atoms with Crippen molar-refractivity contribution >= 4 is 0 Å². The summed E-state index contributed by atoms with van der Waals surface area (Å²) in [6.07, 6.45) is 0.977. The standard InChI is InChI=1S/C28H38F3N/c1-21(2)32(20-19-23-7-5-4-6-8-23)22(3)9-10-24-11-13-25(14-12-24)26-15-17-27(18-16-26)28(29,30)31/h4-8,11-14,21-22,26-27H,9-10,15-20H2,1-3H3. The van der Waals surface area contributed by atoms with Crippen molar-refractivity contribution < 1.29 is 13.2 Å². The van der Waals surface area contributed by atoms with Crippen LogP contribution in [0.5, 0.6) is 0 Å². The lowest BCUT2D eigenvalue weighted by Gasteiger charge is -2.33. The van der Waals surface area contributed by atoms with Crippen molar-refractivity contribution in [1.29, 1.82) is 0 Å². The Morgan fingerprint density at radius 3 is 1.97 bits per heavy atom. The van der Waals surface area contributed by atoms with E-state index >= 15 is 0 Å². The minimum atomic E-state index is -4.03. The predicted molar refractivity (Wildman–Crippen MR) is 127 cm³/mol. The van der Waals surface area contributed by atoms with E-state index in [1.807, 2.05) is 0 Å². The van der Waals surface area contributed by atoms with Crippen LogP contribution in [-0.2, 0) is 12.8 Å². The molecule has 1 unspecified atom stereocenters. The molecule has 4 heteroatoms. The first-order chi connectivity index (χ1) is 15.2. The van der Waals surface area contributed by atoms with E-state index in [0.29, 0.717) is 24.9 Å². The average Bonchev–Trinajstić information content (AvgIpc) is 2.78. The number of benzene rings is 2. The number of aryl methyl sites for hydroxylation is 1. The Kier molecular flexibility index (Phi) is 8.81. The molecule has 0 heterocycles. The summed E-state index contributed by atoms with van der Waals surface area (Å²) in [5, 5.41) is 0. The molecular formula is C28H38F3N. The third kappa shape index (κ3) is 7.10. The Bertz CT molecular complexity index is 790. The van der Waals surface area contributed by atoms with Gasteiger partial charge in [-0.25, -0.2) is 0 Å². The molecule has 0 bridgehead atoms. The summed E-state index contributed by atoms with van der Waals surface area (Å²) in [5.74, 6) is -0.832. The monoisotopic (exact) mass is 445 g/mol. The molecule has 1 aliphatic carbocycles. The molecule has 1 aliphatic rings. The van der Waals surface area contributed by atoms with Gasteiger partial charge in [0, 0.05) is 18.6 Å². The minimum Gasteiger partial charge on any atom is -0.298 e. The van der Waals surface area contributed by atoms with E-state index in [4.69, 9.17) is 0 Å². The molecule has 0 radical (unpaired) electrons. The van der Waals surface area contributed by atoms with E-state index in [0.717, 1.165) is 25.8 Å². The smallest absolute Gasteiger partial charge is 0.298 e. The van der Waals surface area contributed by atoms with Crippen LogP contribution in [0.15, 0.2) is 54.6 Å². The first-order valence-electron chi connectivity index (χ1n) is 12.2. The molecule has 1 fully saturated rings. The number of hydrogen-bond donors (Lipinski definition) is 0. The first kappa shape index (κ1) is 24.8. The molecule has 32 heavy (non-hydrogen) atoms. The number of hydrogen-bond acceptors (Lipinski definition) is 1. The number of rotatable bonds is 9. The second kappa shape index (κ2) is 11.4. The second-order valence-corrected chi connectivity index (χ2v) is 9.79. The molecule has 0 N–H and O–H groups in total. The Balaban J connectivity index is 1.48. The highest BCUT2D eigenvalue weighted by Crippen LogP contribution is 2.42. The predicted octanol–water partition coefficient (Wildman–Crippen LogP) is 7.80. The zero-order valence-corrected chi connectivity index (χ0v) is 19.7. The lowest BCUT2D eigenvalue weighted by molar-refractivity contribution is -0.182. The first-order valence-corrected chi connectivity index (χ1v) is 12.2. The van der Waals surface area contributed by atoms with Crippen LogP contribution < -0.4 is 0 Å². The van der Waals surface area contributed by atoms with Gasteiger partial charge in [0.15, 0.2) is 0 Å². The molecule has 1 saturated carbocycles. The highest BCUT2D eigenvalue weighted by atomic mass is 19.4. The maximum absolute atomic E-state index is 12.9. The number of alkyl halides is 3.